The van der Waals surface area contributed by atoms with Gasteiger partial charge < -0.3 is 9.84 Å². The van der Waals surface area contributed by atoms with Crippen molar-refractivity contribution >= 4 is 17.3 Å². The molecule has 0 amide bonds. The number of carbonyl (C=O) groups is 3. The van der Waals surface area contributed by atoms with Crippen molar-refractivity contribution in [3.8, 4) is 0 Å². The molecule has 204 valence electrons. The molecule has 4 aliphatic carbocycles. The maximum Gasteiger partial charge on any atom is 0.192 e. The van der Waals surface area contributed by atoms with Crippen LogP contribution in [0.1, 0.15) is 91.4 Å². The minimum atomic E-state index is -2.02. The van der Waals surface area contributed by atoms with E-state index in [4.69, 9.17) is 4.74 Å². The first kappa shape index (κ1) is 27.2. The maximum absolute atomic E-state index is 15.4. The smallest absolute Gasteiger partial charge is 0.192 e. The van der Waals surface area contributed by atoms with Gasteiger partial charge in [-0.05, 0) is 78.6 Å². The largest absolute Gasteiger partial charge is 0.364 e. The van der Waals surface area contributed by atoms with Crippen LogP contribution in [0.15, 0.2) is 53.6 Å². The lowest BCUT2D eigenvalue weighted by atomic mass is 9.35. The number of allylic oxidation sites excluding steroid dienone is 4. The maximum atomic E-state index is 15.4. The number of Topliss-reactive ketones (excluding diaryl/α,β-unsaturated/α-hetero) is 3. The molecule has 1 N–H and O–H groups in total. The van der Waals surface area contributed by atoms with Crippen molar-refractivity contribution in [2.45, 2.75) is 92.5 Å². The van der Waals surface area contributed by atoms with Gasteiger partial charge in [0, 0.05) is 11.5 Å². The third kappa shape index (κ3) is 2.87. The molecular formula is C33H42O5. The number of hydrogen-bond donors (Lipinski definition) is 1. The summed E-state index contributed by atoms with van der Waals surface area (Å²) in [7, 11) is 0. The van der Waals surface area contributed by atoms with Crippen LogP contribution in [0.25, 0.3) is 0 Å². The van der Waals surface area contributed by atoms with Gasteiger partial charge in [0.25, 0.3) is 0 Å². The zero-order chi connectivity index (χ0) is 28.1. The molecule has 4 saturated carbocycles. The number of ketones is 3. The second-order valence-electron chi connectivity index (χ2n) is 13.9. The zero-order valence-corrected chi connectivity index (χ0v) is 24.1. The third-order valence-corrected chi connectivity index (χ3v) is 10.8. The van der Waals surface area contributed by atoms with Gasteiger partial charge in [-0.2, -0.15) is 0 Å². The number of benzene rings is 1. The van der Waals surface area contributed by atoms with Crippen LogP contribution in [0.2, 0.25) is 0 Å². The van der Waals surface area contributed by atoms with Crippen LogP contribution >= 0.6 is 0 Å². The van der Waals surface area contributed by atoms with Gasteiger partial charge in [-0.1, -0.05) is 67.5 Å². The van der Waals surface area contributed by atoms with Gasteiger partial charge in [0.15, 0.2) is 28.6 Å². The van der Waals surface area contributed by atoms with Crippen molar-refractivity contribution in [3.63, 3.8) is 0 Å². The van der Waals surface area contributed by atoms with Gasteiger partial charge in [-0.25, -0.2) is 0 Å². The van der Waals surface area contributed by atoms with E-state index >= 15 is 9.59 Å². The van der Waals surface area contributed by atoms with Crippen LogP contribution in [-0.2, 0) is 14.3 Å². The summed E-state index contributed by atoms with van der Waals surface area (Å²) in [5, 5.41) is 12.9. The van der Waals surface area contributed by atoms with Crippen molar-refractivity contribution in [1.29, 1.82) is 0 Å². The predicted octanol–water partition coefficient (Wildman–Crippen LogP) is 6.26. The van der Waals surface area contributed by atoms with Crippen molar-refractivity contribution in [3.05, 3.63) is 59.2 Å². The molecule has 5 heteroatoms. The quantitative estimate of drug-likeness (QED) is 0.273. The first-order valence-electron chi connectivity index (χ1n) is 14.0. The molecule has 1 saturated heterocycles. The molecule has 6 atom stereocenters. The molecule has 5 unspecified atom stereocenters. The Kier molecular flexibility index (Phi) is 5.78. The summed E-state index contributed by atoms with van der Waals surface area (Å²) in [6.45, 7) is 15.6. The van der Waals surface area contributed by atoms with Gasteiger partial charge >= 0.3 is 0 Å². The zero-order valence-electron chi connectivity index (χ0n) is 24.1. The van der Waals surface area contributed by atoms with E-state index in [0.717, 1.165) is 11.1 Å². The van der Waals surface area contributed by atoms with E-state index in [2.05, 4.69) is 0 Å². The van der Waals surface area contributed by atoms with Gasteiger partial charge in [0.1, 0.15) is 0 Å². The fourth-order valence-electron chi connectivity index (χ4n) is 8.84. The number of ether oxygens (including phenoxy) is 1. The number of hydrogen-bond acceptors (Lipinski definition) is 5. The summed E-state index contributed by atoms with van der Waals surface area (Å²) in [5.74, 6) is -3.84. The van der Waals surface area contributed by atoms with Crippen LogP contribution in [0, 0.1) is 33.5 Å². The van der Waals surface area contributed by atoms with E-state index in [1.807, 2.05) is 73.6 Å². The van der Waals surface area contributed by atoms with Crippen molar-refractivity contribution in [2.75, 3.05) is 0 Å². The number of carbonyl (C=O) groups excluding carboxylic acids is 3. The van der Waals surface area contributed by atoms with Crippen LogP contribution < -0.4 is 0 Å². The van der Waals surface area contributed by atoms with Gasteiger partial charge in [0.2, 0.25) is 0 Å². The normalized spacial score (nSPS) is 39.6. The van der Waals surface area contributed by atoms with E-state index in [9.17, 15) is 9.90 Å². The Bertz CT molecular complexity index is 1280. The number of rotatable bonds is 6. The summed E-state index contributed by atoms with van der Waals surface area (Å²) in [6, 6.07) is 8.76. The average molecular weight is 519 g/mol. The molecule has 0 spiro atoms. The van der Waals surface area contributed by atoms with E-state index in [-0.39, 0.29) is 24.7 Å². The Morgan fingerprint density at radius 1 is 0.947 bits per heavy atom. The fraction of sp³-hybridized carbons (Fsp3) is 0.606. The van der Waals surface area contributed by atoms with Gasteiger partial charge in [-0.3, -0.25) is 14.4 Å². The first-order valence-corrected chi connectivity index (χ1v) is 14.0. The molecule has 38 heavy (non-hydrogen) atoms. The van der Waals surface area contributed by atoms with E-state index in [0.29, 0.717) is 18.4 Å². The van der Waals surface area contributed by atoms with Crippen LogP contribution in [0.3, 0.4) is 0 Å². The van der Waals surface area contributed by atoms with E-state index in [1.54, 1.807) is 24.3 Å². The van der Waals surface area contributed by atoms with Crippen molar-refractivity contribution in [2.24, 2.45) is 33.5 Å². The minimum Gasteiger partial charge on any atom is -0.364 e. The highest BCUT2D eigenvalue weighted by Gasteiger charge is 2.92. The van der Waals surface area contributed by atoms with E-state index < -0.39 is 50.4 Å². The molecule has 1 aliphatic heterocycles. The minimum absolute atomic E-state index is 0.127. The van der Waals surface area contributed by atoms with E-state index in [1.165, 1.54) is 0 Å². The summed E-state index contributed by atoms with van der Waals surface area (Å²) in [6.07, 6.45) is 5.42. The Hall–Kier alpha value is -2.37. The fourth-order valence-corrected chi connectivity index (χ4v) is 8.84. The second-order valence-corrected chi connectivity index (χ2v) is 13.9. The predicted molar refractivity (Wildman–Crippen MR) is 146 cm³/mol. The Morgan fingerprint density at radius 3 is 2.11 bits per heavy atom. The lowest BCUT2D eigenvalue weighted by Crippen LogP contribution is -2.80. The van der Waals surface area contributed by atoms with Crippen LogP contribution in [0.5, 0.6) is 0 Å². The molecule has 5 nitrogen and oxygen atoms in total. The molecule has 5 fully saturated rings. The van der Waals surface area contributed by atoms with Crippen molar-refractivity contribution in [1.82, 2.24) is 0 Å². The molecule has 5 aliphatic rings. The third-order valence-electron chi connectivity index (χ3n) is 10.8. The summed E-state index contributed by atoms with van der Waals surface area (Å²) in [4.78, 5) is 45.3. The van der Waals surface area contributed by atoms with Gasteiger partial charge in [0.05, 0.1) is 16.4 Å². The molecule has 6 rings (SSSR count). The highest BCUT2D eigenvalue weighted by molar-refractivity contribution is 6.34. The Balaban J connectivity index is 1.94. The molecule has 1 aromatic rings. The molecule has 6 bridgehead atoms. The molecule has 1 aromatic carbocycles. The molecule has 0 radical (unpaired) electrons. The standard InChI is InChI=1S/C33H42O5/c1-20(2)14-16-30-19-23-18-24-29(7,8)38-33(30,37)31(24,17-15-21(3)4)27(36)32(26(30)35,28(23,5)6)25(34)22-12-10-9-11-13-22/h9-15,23-24,37H,16-19H2,1-8H3/t23?,24-,30?,31?,32?,33?/m1/s1. The van der Waals surface area contributed by atoms with Crippen LogP contribution in [0.4, 0.5) is 0 Å². The van der Waals surface area contributed by atoms with Crippen molar-refractivity contribution < 1.29 is 24.2 Å². The topological polar surface area (TPSA) is 80.7 Å². The monoisotopic (exact) mass is 518 g/mol. The Morgan fingerprint density at radius 2 is 1.53 bits per heavy atom. The van der Waals surface area contributed by atoms with Gasteiger partial charge in [-0.15, -0.1) is 0 Å². The summed E-state index contributed by atoms with van der Waals surface area (Å²) in [5.41, 5.74) is -4.16. The van der Waals surface area contributed by atoms with Crippen LogP contribution in [-0.4, -0.2) is 33.8 Å². The Labute approximate surface area is 226 Å². The average Bonchev–Trinajstić information content (AvgIpc) is 2.92. The lowest BCUT2D eigenvalue weighted by molar-refractivity contribution is -0.324. The molecule has 0 aromatic heterocycles. The summed E-state index contributed by atoms with van der Waals surface area (Å²) >= 11 is 0. The lowest BCUT2D eigenvalue weighted by Gasteiger charge is -2.65. The number of aliphatic hydroxyl groups is 1. The molecule has 1 heterocycles. The highest BCUT2D eigenvalue weighted by atomic mass is 16.7. The summed E-state index contributed by atoms with van der Waals surface area (Å²) < 4.78 is 6.63. The first-order chi connectivity index (χ1) is 17.6. The SMILES string of the molecule is CC(C)=CCC12CC3C[C@@H]4C(C)(C)OC1(O)C4(CC=C(C)C)C(=O)C(C(=O)c1ccccc1)(C2=O)C3(C)C. The second kappa shape index (κ2) is 8.08. The molecular weight excluding hydrogens is 476 g/mol. The highest BCUT2D eigenvalue weighted by Crippen LogP contribution is 2.80.